The molecule has 0 heterocycles. The molecule has 112 valence electrons. The van der Waals surface area contributed by atoms with E-state index >= 15 is 0 Å². The minimum atomic E-state index is -4.56. The zero-order valence-electron chi connectivity index (χ0n) is 10.1. The van der Waals surface area contributed by atoms with Crippen molar-refractivity contribution >= 4 is 27.5 Å². The van der Waals surface area contributed by atoms with Crippen LogP contribution in [0.3, 0.4) is 0 Å². The van der Waals surface area contributed by atoms with Crippen LogP contribution in [0, 0.1) is 0 Å². The van der Waals surface area contributed by atoms with Crippen molar-refractivity contribution in [2.45, 2.75) is 11.1 Å². The summed E-state index contributed by atoms with van der Waals surface area (Å²) >= 11 is 5.61. The number of hydrogen-bond acceptors (Lipinski definition) is 3. The molecule has 0 radical (unpaired) electrons. The Morgan fingerprint density at radius 2 is 1.95 bits per heavy atom. The van der Waals surface area contributed by atoms with Crippen LogP contribution in [0.5, 0.6) is 0 Å². The number of rotatable bonds is 3. The zero-order chi connectivity index (χ0) is 15.7. The summed E-state index contributed by atoms with van der Waals surface area (Å²) in [7, 11) is -3.23. The fraction of sp³-hybridized carbons (Fsp3) is 0.300. The van der Waals surface area contributed by atoms with Crippen LogP contribution in [0.15, 0.2) is 23.1 Å². The van der Waals surface area contributed by atoms with Crippen LogP contribution in [0.4, 0.5) is 13.2 Å². The lowest BCUT2D eigenvalue weighted by Gasteiger charge is -2.19. The fourth-order valence-electron chi connectivity index (χ4n) is 1.42. The SMILES string of the molecule is CN(CC(F)(F)F)C(=O)c1ccc(Cl)c(S(N)(=O)=O)c1. The van der Waals surface area contributed by atoms with Crippen LogP contribution in [-0.4, -0.2) is 39.0 Å². The third kappa shape index (κ3) is 4.36. The smallest absolute Gasteiger partial charge is 0.333 e. The second kappa shape index (κ2) is 5.58. The van der Waals surface area contributed by atoms with Crippen molar-refractivity contribution in [2.24, 2.45) is 5.14 Å². The van der Waals surface area contributed by atoms with Crippen LogP contribution in [0.2, 0.25) is 5.02 Å². The van der Waals surface area contributed by atoms with Gasteiger partial charge in [-0.2, -0.15) is 13.2 Å². The Kier molecular flexibility index (Phi) is 4.67. The van der Waals surface area contributed by atoms with Gasteiger partial charge >= 0.3 is 6.18 Å². The van der Waals surface area contributed by atoms with E-state index in [1.54, 1.807) is 0 Å². The van der Waals surface area contributed by atoms with Crippen molar-refractivity contribution in [1.29, 1.82) is 0 Å². The fourth-order valence-corrected chi connectivity index (χ4v) is 2.49. The maximum absolute atomic E-state index is 12.2. The highest BCUT2D eigenvalue weighted by Crippen LogP contribution is 2.23. The van der Waals surface area contributed by atoms with Crippen LogP contribution >= 0.6 is 11.6 Å². The second-order valence-corrected chi connectivity index (χ2v) is 5.90. The van der Waals surface area contributed by atoms with Crippen LogP contribution in [0.25, 0.3) is 0 Å². The number of halogens is 4. The quantitative estimate of drug-likeness (QED) is 0.914. The maximum Gasteiger partial charge on any atom is 0.406 e. The van der Waals surface area contributed by atoms with Crippen LogP contribution < -0.4 is 5.14 Å². The van der Waals surface area contributed by atoms with Crippen molar-refractivity contribution in [2.75, 3.05) is 13.6 Å². The first-order valence-electron chi connectivity index (χ1n) is 5.06. The Morgan fingerprint density at radius 1 is 1.40 bits per heavy atom. The lowest BCUT2D eigenvalue weighted by Crippen LogP contribution is -2.35. The third-order valence-electron chi connectivity index (χ3n) is 2.25. The van der Waals surface area contributed by atoms with Crippen molar-refractivity contribution in [3.05, 3.63) is 28.8 Å². The number of amides is 1. The van der Waals surface area contributed by atoms with Crippen molar-refractivity contribution in [3.63, 3.8) is 0 Å². The van der Waals surface area contributed by atoms with Gasteiger partial charge in [0.15, 0.2) is 0 Å². The van der Waals surface area contributed by atoms with Gasteiger partial charge in [-0.15, -0.1) is 0 Å². The average Bonchev–Trinajstić information content (AvgIpc) is 2.24. The van der Waals surface area contributed by atoms with Gasteiger partial charge in [0.2, 0.25) is 10.0 Å². The Morgan fingerprint density at radius 3 is 2.40 bits per heavy atom. The van der Waals surface area contributed by atoms with Gasteiger partial charge in [-0.1, -0.05) is 11.6 Å². The molecule has 0 saturated carbocycles. The summed E-state index contributed by atoms with van der Waals surface area (Å²) in [6.45, 7) is -1.46. The first-order chi connectivity index (χ1) is 8.92. The number of carbonyl (C=O) groups excluding carboxylic acids is 1. The van der Waals surface area contributed by atoms with Gasteiger partial charge in [-0.25, -0.2) is 13.6 Å². The van der Waals surface area contributed by atoms with E-state index in [9.17, 15) is 26.4 Å². The zero-order valence-corrected chi connectivity index (χ0v) is 11.7. The minimum Gasteiger partial charge on any atom is -0.333 e. The first kappa shape index (κ1) is 16.7. The Labute approximate surface area is 118 Å². The van der Waals surface area contributed by atoms with Crippen LogP contribution in [0.1, 0.15) is 10.4 Å². The molecule has 2 N–H and O–H groups in total. The van der Waals surface area contributed by atoms with Gasteiger partial charge in [0.1, 0.15) is 11.4 Å². The number of benzene rings is 1. The summed E-state index contributed by atoms with van der Waals surface area (Å²) in [5, 5.41) is 4.67. The predicted octanol–water partition coefficient (Wildman–Crippen LogP) is 1.62. The number of nitrogens with two attached hydrogens (primary N) is 1. The third-order valence-corrected chi connectivity index (χ3v) is 3.64. The molecule has 1 aromatic carbocycles. The molecule has 1 rings (SSSR count). The number of nitrogens with zero attached hydrogens (tertiary/aromatic N) is 1. The average molecular weight is 331 g/mol. The van der Waals surface area contributed by atoms with Gasteiger partial charge in [-0.3, -0.25) is 4.79 Å². The highest BCUT2D eigenvalue weighted by atomic mass is 35.5. The molecule has 0 atom stereocenters. The Bertz CT molecular complexity index is 631. The summed E-state index contributed by atoms with van der Waals surface area (Å²) in [5.41, 5.74) is -0.259. The van der Waals surface area contributed by atoms with Gasteiger partial charge in [-0.05, 0) is 18.2 Å². The number of hydrogen-bond donors (Lipinski definition) is 1. The lowest BCUT2D eigenvalue weighted by atomic mass is 10.2. The van der Waals surface area contributed by atoms with Gasteiger partial charge in [0.05, 0.1) is 5.02 Å². The summed E-state index contributed by atoms with van der Waals surface area (Å²) in [6.07, 6.45) is -4.56. The monoisotopic (exact) mass is 330 g/mol. The molecule has 1 aromatic rings. The molecule has 0 unspecified atom stereocenters. The van der Waals surface area contributed by atoms with E-state index < -0.39 is 33.5 Å². The molecular formula is C10H10ClF3N2O3S. The normalized spacial score (nSPS) is 12.3. The molecule has 0 aliphatic heterocycles. The molecule has 0 fully saturated rings. The number of sulfonamides is 1. The highest BCUT2D eigenvalue weighted by Gasteiger charge is 2.31. The minimum absolute atomic E-state index is 0.220. The molecule has 0 saturated heterocycles. The number of alkyl halides is 3. The maximum atomic E-state index is 12.2. The lowest BCUT2D eigenvalue weighted by molar-refractivity contribution is -0.138. The summed E-state index contributed by atoms with van der Waals surface area (Å²) in [4.78, 5) is 11.7. The van der Waals surface area contributed by atoms with Crippen molar-refractivity contribution < 1.29 is 26.4 Å². The molecule has 5 nitrogen and oxygen atoms in total. The molecule has 20 heavy (non-hydrogen) atoms. The Balaban J connectivity index is 3.13. The molecule has 0 bridgehead atoms. The second-order valence-electron chi connectivity index (χ2n) is 3.97. The molecule has 0 aromatic heterocycles. The van der Waals surface area contributed by atoms with E-state index in [4.69, 9.17) is 16.7 Å². The molecular weight excluding hydrogens is 321 g/mol. The predicted molar refractivity (Wildman–Crippen MR) is 65.8 cm³/mol. The van der Waals surface area contributed by atoms with E-state index in [-0.39, 0.29) is 10.6 Å². The standard InChI is InChI=1S/C10H10ClF3N2O3S/c1-16(5-10(12,13)14)9(17)6-2-3-7(11)8(4-6)20(15,18)19/h2-4H,5H2,1H3,(H2,15,18,19). The van der Waals surface area contributed by atoms with Crippen molar-refractivity contribution in [3.8, 4) is 0 Å². The van der Waals surface area contributed by atoms with Gasteiger partial charge < -0.3 is 4.90 Å². The van der Waals surface area contributed by atoms with Gasteiger partial charge in [0, 0.05) is 12.6 Å². The highest BCUT2D eigenvalue weighted by molar-refractivity contribution is 7.89. The van der Waals surface area contributed by atoms with Gasteiger partial charge in [0.25, 0.3) is 5.91 Å². The molecule has 10 heteroatoms. The molecule has 0 spiro atoms. The van der Waals surface area contributed by atoms with E-state index in [1.165, 1.54) is 0 Å². The largest absolute Gasteiger partial charge is 0.406 e. The number of primary sulfonamides is 1. The van der Waals surface area contributed by atoms with E-state index in [1.807, 2.05) is 0 Å². The topological polar surface area (TPSA) is 80.5 Å². The summed E-state index contributed by atoms with van der Waals surface area (Å²) < 4.78 is 59.0. The summed E-state index contributed by atoms with van der Waals surface area (Å²) in [6, 6.07) is 3.04. The molecule has 0 aliphatic carbocycles. The van der Waals surface area contributed by atoms with Crippen LogP contribution in [-0.2, 0) is 10.0 Å². The van der Waals surface area contributed by atoms with E-state index in [0.717, 1.165) is 25.2 Å². The van der Waals surface area contributed by atoms with E-state index in [0.29, 0.717) is 4.90 Å². The molecule has 1 amide bonds. The van der Waals surface area contributed by atoms with Crippen molar-refractivity contribution in [1.82, 2.24) is 4.90 Å². The summed E-state index contributed by atoms with van der Waals surface area (Å²) in [5.74, 6) is -0.996. The molecule has 0 aliphatic rings. The number of carbonyl (C=O) groups is 1. The first-order valence-corrected chi connectivity index (χ1v) is 6.99. The Hall–Kier alpha value is -1.32. The van der Waals surface area contributed by atoms with E-state index in [2.05, 4.69) is 0 Å².